The summed E-state index contributed by atoms with van der Waals surface area (Å²) in [5, 5.41) is 4.02. The Kier molecular flexibility index (Phi) is 4.77. The standard InChI is InChI=1S/C22H23N3O2/c1-15-19-5-3-4-6-20(19)23-16(2)21(15)22(26)24-17-7-9-18(10-8-17)25-11-13-27-14-12-25/h3-10H,11-14H2,1-2H3,(H,24,26). The summed E-state index contributed by atoms with van der Waals surface area (Å²) in [4.78, 5) is 19.8. The maximum absolute atomic E-state index is 12.9. The second-order valence-electron chi connectivity index (χ2n) is 6.81. The summed E-state index contributed by atoms with van der Waals surface area (Å²) in [7, 11) is 0. The number of benzene rings is 2. The van der Waals surface area contributed by atoms with Crippen LogP contribution in [0.3, 0.4) is 0 Å². The number of morpholine rings is 1. The van der Waals surface area contributed by atoms with Crippen LogP contribution in [0.4, 0.5) is 11.4 Å². The van der Waals surface area contributed by atoms with Gasteiger partial charge in [-0.2, -0.15) is 0 Å². The number of hydrogen-bond donors (Lipinski definition) is 1. The van der Waals surface area contributed by atoms with Gasteiger partial charge in [-0.15, -0.1) is 0 Å². The minimum Gasteiger partial charge on any atom is -0.378 e. The highest BCUT2D eigenvalue weighted by atomic mass is 16.5. The van der Waals surface area contributed by atoms with E-state index in [-0.39, 0.29) is 5.91 Å². The lowest BCUT2D eigenvalue weighted by Gasteiger charge is -2.28. The molecule has 2 heterocycles. The molecule has 0 bridgehead atoms. The van der Waals surface area contributed by atoms with Gasteiger partial charge in [0, 0.05) is 29.9 Å². The molecule has 0 spiro atoms. The number of aryl methyl sites for hydroxylation is 2. The molecule has 5 heteroatoms. The maximum Gasteiger partial charge on any atom is 0.257 e. The van der Waals surface area contributed by atoms with Gasteiger partial charge in [0.25, 0.3) is 5.91 Å². The van der Waals surface area contributed by atoms with Crippen LogP contribution in [0.2, 0.25) is 0 Å². The number of carbonyl (C=O) groups excluding carboxylic acids is 1. The van der Waals surface area contributed by atoms with Gasteiger partial charge in [0.1, 0.15) is 0 Å². The van der Waals surface area contributed by atoms with Gasteiger partial charge in [-0.05, 0) is 49.7 Å². The molecule has 3 aromatic rings. The number of anilines is 2. The van der Waals surface area contributed by atoms with Gasteiger partial charge in [0.15, 0.2) is 0 Å². The van der Waals surface area contributed by atoms with Crippen LogP contribution in [0, 0.1) is 13.8 Å². The molecule has 0 aliphatic carbocycles. The molecular formula is C22H23N3O2. The van der Waals surface area contributed by atoms with Crippen molar-refractivity contribution in [3.8, 4) is 0 Å². The van der Waals surface area contributed by atoms with E-state index in [0.717, 1.165) is 59.8 Å². The molecule has 1 aliphatic heterocycles. The van der Waals surface area contributed by atoms with E-state index in [1.54, 1.807) is 0 Å². The number of nitrogens with one attached hydrogen (secondary N) is 1. The summed E-state index contributed by atoms with van der Waals surface area (Å²) in [6.45, 7) is 7.17. The van der Waals surface area contributed by atoms with E-state index >= 15 is 0 Å². The molecule has 0 radical (unpaired) electrons. The molecular weight excluding hydrogens is 338 g/mol. The molecule has 4 rings (SSSR count). The molecule has 1 saturated heterocycles. The van der Waals surface area contributed by atoms with Crippen molar-refractivity contribution in [2.24, 2.45) is 0 Å². The number of aromatic nitrogens is 1. The van der Waals surface area contributed by atoms with Crippen molar-refractivity contribution in [2.75, 3.05) is 36.5 Å². The zero-order chi connectivity index (χ0) is 18.8. The van der Waals surface area contributed by atoms with Crippen LogP contribution in [0.15, 0.2) is 48.5 Å². The van der Waals surface area contributed by atoms with Gasteiger partial charge >= 0.3 is 0 Å². The predicted octanol–water partition coefficient (Wildman–Crippen LogP) is 3.94. The van der Waals surface area contributed by atoms with Crippen LogP contribution >= 0.6 is 0 Å². The van der Waals surface area contributed by atoms with Gasteiger partial charge in [0.2, 0.25) is 0 Å². The molecule has 1 aromatic heterocycles. The van der Waals surface area contributed by atoms with Crippen molar-refractivity contribution in [1.82, 2.24) is 4.98 Å². The number of nitrogens with zero attached hydrogens (tertiary/aromatic N) is 2. The maximum atomic E-state index is 12.9. The molecule has 0 unspecified atom stereocenters. The second-order valence-corrected chi connectivity index (χ2v) is 6.81. The summed E-state index contributed by atoms with van der Waals surface area (Å²) in [5.74, 6) is -0.123. The third kappa shape index (κ3) is 3.51. The van der Waals surface area contributed by atoms with Crippen LogP contribution in [-0.4, -0.2) is 37.2 Å². The number of para-hydroxylation sites is 1. The van der Waals surface area contributed by atoms with E-state index in [0.29, 0.717) is 5.56 Å². The summed E-state index contributed by atoms with van der Waals surface area (Å²) in [6.07, 6.45) is 0. The zero-order valence-corrected chi connectivity index (χ0v) is 15.7. The fourth-order valence-corrected chi connectivity index (χ4v) is 3.64. The van der Waals surface area contributed by atoms with Gasteiger partial charge in [0.05, 0.1) is 30.0 Å². The third-order valence-electron chi connectivity index (χ3n) is 5.06. The van der Waals surface area contributed by atoms with E-state index in [1.165, 1.54) is 0 Å². The van der Waals surface area contributed by atoms with E-state index in [9.17, 15) is 4.79 Å². The van der Waals surface area contributed by atoms with Crippen LogP contribution in [-0.2, 0) is 4.74 Å². The topological polar surface area (TPSA) is 54.5 Å². The SMILES string of the molecule is Cc1nc2ccccc2c(C)c1C(=O)Nc1ccc(N2CCOCC2)cc1. The van der Waals surface area contributed by atoms with Gasteiger partial charge in [-0.3, -0.25) is 9.78 Å². The average Bonchev–Trinajstić information content (AvgIpc) is 2.69. The lowest BCUT2D eigenvalue weighted by atomic mass is 10.0. The predicted molar refractivity (Wildman–Crippen MR) is 109 cm³/mol. The highest BCUT2D eigenvalue weighted by Gasteiger charge is 2.17. The monoisotopic (exact) mass is 361 g/mol. The molecule has 1 aliphatic rings. The van der Waals surface area contributed by atoms with E-state index in [2.05, 4.69) is 15.2 Å². The highest BCUT2D eigenvalue weighted by molar-refractivity contribution is 6.08. The molecule has 0 saturated carbocycles. The van der Waals surface area contributed by atoms with Crippen molar-refractivity contribution in [2.45, 2.75) is 13.8 Å². The molecule has 0 atom stereocenters. The Hall–Kier alpha value is -2.92. The summed E-state index contributed by atoms with van der Waals surface area (Å²) >= 11 is 0. The number of pyridine rings is 1. The number of carbonyl (C=O) groups is 1. The smallest absolute Gasteiger partial charge is 0.257 e. The fourth-order valence-electron chi connectivity index (χ4n) is 3.64. The van der Waals surface area contributed by atoms with Crippen molar-refractivity contribution in [3.05, 3.63) is 65.4 Å². The molecule has 5 nitrogen and oxygen atoms in total. The third-order valence-corrected chi connectivity index (χ3v) is 5.06. The second kappa shape index (κ2) is 7.37. The quantitative estimate of drug-likeness (QED) is 0.768. The zero-order valence-electron chi connectivity index (χ0n) is 15.7. The Morgan fingerprint density at radius 3 is 2.48 bits per heavy atom. The fraction of sp³-hybridized carbons (Fsp3) is 0.273. The van der Waals surface area contributed by atoms with Crippen LogP contribution in [0.25, 0.3) is 10.9 Å². The van der Waals surface area contributed by atoms with Crippen molar-refractivity contribution in [1.29, 1.82) is 0 Å². The summed E-state index contributed by atoms with van der Waals surface area (Å²) in [5.41, 5.74) is 5.19. The first kappa shape index (κ1) is 17.5. The molecule has 138 valence electrons. The van der Waals surface area contributed by atoms with Crippen LogP contribution in [0.1, 0.15) is 21.6 Å². The molecule has 1 amide bonds. The number of rotatable bonds is 3. The van der Waals surface area contributed by atoms with E-state index < -0.39 is 0 Å². The Morgan fingerprint density at radius 2 is 1.74 bits per heavy atom. The largest absolute Gasteiger partial charge is 0.378 e. The summed E-state index contributed by atoms with van der Waals surface area (Å²) in [6, 6.07) is 15.9. The summed E-state index contributed by atoms with van der Waals surface area (Å²) < 4.78 is 5.39. The Morgan fingerprint density at radius 1 is 1.04 bits per heavy atom. The molecule has 1 N–H and O–H groups in total. The average molecular weight is 361 g/mol. The number of ether oxygens (including phenoxy) is 1. The first-order chi connectivity index (χ1) is 13.1. The Balaban J connectivity index is 1.56. The normalized spacial score (nSPS) is 14.4. The molecule has 27 heavy (non-hydrogen) atoms. The van der Waals surface area contributed by atoms with E-state index in [4.69, 9.17) is 4.74 Å². The highest BCUT2D eigenvalue weighted by Crippen LogP contribution is 2.24. The van der Waals surface area contributed by atoms with Crippen molar-refractivity contribution in [3.63, 3.8) is 0 Å². The molecule has 1 fully saturated rings. The van der Waals surface area contributed by atoms with Crippen LogP contribution in [0.5, 0.6) is 0 Å². The van der Waals surface area contributed by atoms with Crippen molar-refractivity contribution >= 4 is 28.2 Å². The number of hydrogen-bond acceptors (Lipinski definition) is 4. The van der Waals surface area contributed by atoms with Gasteiger partial charge in [-0.1, -0.05) is 18.2 Å². The lowest BCUT2D eigenvalue weighted by Crippen LogP contribution is -2.36. The van der Waals surface area contributed by atoms with Crippen LogP contribution < -0.4 is 10.2 Å². The molecule has 2 aromatic carbocycles. The number of amides is 1. The van der Waals surface area contributed by atoms with Crippen molar-refractivity contribution < 1.29 is 9.53 Å². The first-order valence-corrected chi connectivity index (χ1v) is 9.23. The lowest BCUT2D eigenvalue weighted by molar-refractivity contribution is 0.102. The Bertz CT molecular complexity index is 977. The van der Waals surface area contributed by atoms with Gasteiger partial charge in [-0.25, -0.2) is 0 Å². The number of fused-ring (bicyclic) bond motifs is 1. The van der Waals surface area contributed by atoms with Gasteiger partial charge < -0.3 is 15.0 Å². The minimum absolute atomic E-state index is 0.123. The first-order valence-electron chi connectivity index (χ1n) is 9.23. The van der Waals surface area contributed by atoms with E-state index in [1.807, 2.05) is 62.4 Å². The minimum atomic E-state index is -0.123. The Labute approximate surface area is 159 Å².